The first kappa shape index (κ1) is 37.7. The maximum atomic E-state index is 14.1. The van der Waals surface area contributed by atoms with Crippen LogP contribution in [0.15, 0.2) is 77.8 Å². The molecule has 262 valence electrons. The number of hydrogen-bond donors (Lipinski definition) is 2. The summed E-state index contributed by atoms with van der Waals surface area (Å²) >= 11 is 3.03. The van der Waals surface area contributed by atoms with Gasteiger partial charge in [0.05, 0.1) is 33.7 Å². The van der Waals surface area contributed by atoms with Gasteiger partial charge in [0.25, 0.3) is 0 Å². The quantitative estimate of drug-likeness (QED) is 0.109. The van der Waals surface area contributed by atoms with Crippen molar-refractivity contribution in [1.29, 1.82) is 0 Å². The van der Waals surface area contributed by atoms with Crippen LogP contribution in [0, 0.1) is 11.8 Å². The fourth-order valence-corrected chi connectivity index (χ4v) is 7.31. The van der Waals surface area contributed by atoms with Gasteiger partial charge in [-0.25, -0.2) is 14.6 Å². The zero-order valence-corrected chi connectivity index (χ0v) is 30.8. The van der Waals surface area contributed by atoms with E-state index in [1.165, 1.54) is 11.3 Å². The van der Waals surface area contributed by atoms with Crippen LogP contribution in [0.25, 0.3) is 0 Å². The van der Waals surface area contributed by atoms with E-state index in [1.807, 2.05) is 67.8 Å². The van der Waals surface area contributed by atoms with E-state index in [2.05, 4.69) is 46.6 Å². The molecule has 0 aliphatic heterocycles. The summed E-state index contributed by atoms with van der Waals surface area (Å²) in [4.78, 5) is 51.3. The number of benzene rings is 2. The number of carbonyl (C=O) groups excluding carboxylic acids is 3. The molecule has 2 aromatic heterocycles. The molecule has 3 atom stereocenters. The van der Waals surface area contributed by atoms with Gasteiger partial charge in [-0.3, -0.25) is 9.78 Å². The van der Waals surface area contributed by atoms with E-state index < -0.39 is 12.1 Å². The number of nitrogens with one attached hydrogen (secondary N) is 2. The number of likely N-dealkylation sites (N-methyl/N-ethyl adjacent to an activating group) is 1. The molecule has 2 N–H and O–H groups in total. The van der Waals surface area contributed by atoms with Crippen LogP contribution in [-0.4, -0.2) is 51.9 Å². The Morgan fingerprint density at radius 2 is 1.57 bits per heavy atom. The van der Waals surface area contributed by atoms with Crippen molar-refractivity contribution in [3.05, 3.63) is 104 Å². The number of ketones is 1. The topological polar surface area (TPSA) is 114 Å². The monoisotopic (exact) mass is 703 g/mol. The zero-order chi connectivity index (χ0) is 35.2. The van der Waals surface area contributed by atoms with Crippen LogP contribution in [-0.2, 0) is 35.5 Å². The normalized spacial score (nSPS) is 13.1. The van der Waals surface area contributed by atoms with Crippen LogP contribution in [0.2, 0.25) is 0 Å². The van der Waals surface area contributed by atoms with Gasteiger partial charge in [-0.2, -0.15) is 0 Å². The summed E-state index contributed by atoms with van der Waals surface area (Å²) in [5.74, 6) is 0.288. The molecule has 0 spiro atoms. The maximum absolute atomic E-state index is 14.1. The Morgan fingerprint density at radius 1 is 0.898 bits per heavy atom. The Balaban J connectivity index is 1.44. The van der Waals surface area contributed by atoms with Gasteiger partial charge in [0.2, 0.25) is 0 Å². The SMILES string of the molecule is CC(C)c1nc(CNC(=O)N(C)C(C(=O)CC(CCC(Cc2ccccc2)NC(=O)OCc2cncs2)Cc2ccccc2)C(C)C)cs1. The Hall–Kier alpha value is -4.09. The van der Waals surface area contributed by atoms with Crippen molar-refractivity contribution in [2.75, 3.05) is 7.05 Å². The van der Waals surface area contributed by atoms with E-state index >= 15 is 0 Å². The minimum absolute atomic E-state index is 0.00496. The molecule has 4 rings (SSSR count). The van der Waals surface area contributed by atoms with Gasteiger partial charge in [-0.15, -0.1) is 22.7 Å². The van der Waals surface area contributed by atoms with Crippen molar-refractivity contribution in [2.24, 2.45) is 11.8 Å². The predicted octanol–water partition coefficient (Wildman–Crippen LogP) is 8.03. The Morgan fingerprint density at radius 3 is 2.16 bits per heavy atom. The second-order valence-corrected chi connectivity index (χ2v) is 15.0. The summed E-state index contributed by atoms with van der Waals surface area (Å²) in [6.07, 6.45) is 4.24. The maximum Gasteiger partial charge on any atom is 0.407 e. The molecular formula is C38H49N5O4S2. The molecule has 2 heterocycles. The summed E-state index contributed by atoms with van der Waals surface area (Å²) in [5.41, 5.74) is 4.78. The first-order valence-electron chi connectivity index (χ1n) is 16.9. The molecule has 0 saturated heterocycles. The van der Waals surface area contributed by atoms with E-state index in [9.17, 15) is 14.4 Å². The Bertz CT molecular complexity index is 1580. The number of amides is 3. The van der Waals surface area contributed by atoms with Crippen molar-refractivity contribution in [2.45, 2.75) is 91.0 Å². The standard InChI is InChI=1S/C38H49N5O4S2/c1-26(2)35(43(5)37(45)40-21-32-24-48-36(41-32)27(3)4)34(44)20-30(18-28-12-8-6-9-13-28)16-17-31(19-29-14-10-7-11-15-29)42-38(46)47-23-33-22-39-25-49-33/h6-15,22,24-27,30-31,35H,16-21,23H2,1-5H3,(H,40,45)(H,42,46). The predicted molar refractivity (Wildman–Crippen MR) is 197 cm³/mol. The van der Waals surface area contributed by atoms with Crippen LogP contribution in [0.5, 0.6) is 0 Å². The summed E-state index contributed by atoms with van der Waals surface area (Å²) < 4.78 is 5.51. The molecule has 3 amide bonds. The van der Waals surface area contributed by atoms with Crippen molar-refractivity contribution in [1.82, 2.24) is 25.5 Å². The molecule has 49 heavy (non-hydrogen) atoms. The summed E-state index contributed by atoms with van der Waals surface area (Å²) in [7, 11) is 1.70. The molecule has 9 nitrogen and oxygen atoms in total. The lowest BCUT2D eigenvalue weighted by Crippen LogP contribution is -2.50. The first-order valence-corrected chi connectivity index (χ1v) is 18.7. The summed E-state index contributed by atoms with van der Waals surface area (Å²) in [6, 6.07) is 19.1. The highest BCUT2D eigenvalue weighted by atomic mass is 32.1. The van der Waals surface area contributed by atoms with Gasteiger partial charge in [0.15, 0.2) is 5.78 Å². The van der Waals surface area contributed by atoms with Crippen LogP contribution in [0.1, 0.15) is 79.6 Å². The molecule has 0 fully saturated rings. The van der Waals surface area contributed by atoms with E-state index in [0.717, 1.165) is 26.7 Å². The number of thiazole rings is 2. The molecule has 2 aromatic carbocycles. The van der Waals surface area contributed by atoms with E-state index in [-0.39, 0.29) is 36.3 Å². The molecular weight excluding hydrogens is 655 g/mol. The highest BCUT2D eigenvalue weighted by Crippen LogP contribution is 2.25. The molecule has 0 saturated carbocycles. The molecule has 0 radical (unpaired) electrons. The molecule has 4 aromatic rings. The van der Waals surface area contributed by atoms with Gasteiger partial charge >= 0.3 is 12.1 Å². The third-order valence-electron chi connectivity index (χ3n) is 8.44. The van der Waals surface area contributed by atoms with Gasteiger partial charge in [-0.1, -0.05) is 88.4 Å². The van der Waals surface area contributed by atoms with Crippen LogP contribution in [0.4, 0.5) is 9.59 Å². The second kappa shape index (κ2) is 19.2. The van der Waals surface area contributed by atoms with Crippen molar-refractivity contribution in [3.63, 3.8) is 0 Å². The lowest BCUT2D eigenvalue weighted by molar-refractivity contribution is -0.125. The van der Waals surface area contributed by atoms with Crippen LogP contribution < -0.4 is 10.6 Å². The van der Waals surface area contributed by atoms with Crippen LogP contribution >= 0.6 is 22.7 Å². The van der Waals surface area contributed by atoms with E-state index in [0.29, 0.717) is 44.6 Å². The molecule has 0 aliphatic carbocycles. The average Bonchev–Trinajstić information content (AvgIpc) is 3.79. The average molecular weight is 704 g/mol. The highest BCUT2D eigenvalue weighted by Gasteiger charge is 2.31. The number of urea groups is 1. The third kappa shape index (κ3) is 12.4. The third-order valence-corrected chi connectivity index (χ3v) is 10.4. The summed E-state index contributed by atoms with van der Waals surface area (Å²) in [5, 5.41) is 9.04. The fraction of sp³-hybridized carbons (Fsp3) is 0.447. The van der Waals surface area contributed by atoms with E-state index in [4.69, 9.17) is 4.74 Å². The number of nitrogens with zero attached hydrogens (tertiary/aromatic N) is 3. The smallest absolute Gasteiger partial charge is 0.407 e. The van der Waals surface area contributed by atoms with Gasteiger partial charge in [-0.05, 0) is 48.6 Å². The number of alkyl carbamates (subject to hydrolysis) is 1. The van der Waals surface area contributed by atoms with Crippen molar-refractivity contribution in [3.8, 4) is 0 Å². The lowest BCUT2D eigenvalue weighted by atomic mass is 9.84. The van der Waals surface area contributed by atoms with Crippen molar-refractivity contribution >= 4 is 40.6 Å². The molecule has 0 aliphatic rings. The molecule has 3 unspecified atom stereocenters. The number of carbonyl (C=O) groups is 3. The number of rotatable bonds is 18. The largest absolute Gasteiger partial charge is 0.444 e. The number of ether oxygens (including phenoxy) is 1. The van der Waals surface area contributed by atoms with Gasteiger partial charge in [0.1, 0.15) is 6.61 Å². The lowest BCUT2D eigenvalue weighted by Gasteiger charge is -2.31. The van der Waals surface area contributed by atoms with Gasteiger partial charge in [0, 0.05) is 37.0 Å². The molecule has 11 heteroatoms. The molecule has 0 bridgehead atoms. The first-order chi connectivity index (χ1) is 23.6. The Labute approximate surface area is 298 Å². The van der Waals surface area contributed by atoms with Crippen molar-refractivity contribution < 1.29 is 19.1 Å². The minimum atomic E-state index is -0.583. The fourth-order valence-electron chi connectivity index (χ4n) is 5.97. The van der Waals surface area contributed by atoms with Crippen LogP contribution in [0.3, 0.4) is 0 Å². The highest BCUT2D eigenvalue weighted by molar-refractivity contribution is 7.09. The summed E-state index contributed by atoms with van der Waals surface area (Å²) in [6.45, 7) is 8.62. The van der Waals surface area contributed by atoms with Gasteiger partial charge < -0.3 is 20.3 Å². The number of Topliss-reactive ketones (excluding diaryl/α,β-unsaturated/α-hetero) is 1. The zero-order valence-electron chi connectivity index (χ0n) is 29.1. The minimum Gasteiger partial charge on any atom is -0.444 e. The number of aromatic nitrogens is 2. The Kier molecular flexibility index (Phi) is 14.8. The van der Waals surface area contributed by atoms with E-state index in [1.54, 1.807) is 35.0 Å². The number of hydrogen-bond acceptors (Lipinski definition) is 8. The second-order valence-electron chi connectivity index (χ2n) is 13.2.